The summed E-state index contributed by atoms with van der Waals surface area (Å²) < 4.78 is 0. The van der Waals surface area contributed by atoms with Gasteiger partial charge in [-0.05, 0) is 11.4 Å². The highest BCUT2D eigenvalue weighted by Crippen LogP contribution is 2.19. The van der Waals surface area contributed by atoms with Gasteiger partial charge in [0.2, 0.25) is 11.8 Å². The monoisotopic (exact) mass is 278 g/mol. The molecule has 19 heavy (non-hydrogen) atoms. The predicted molar refractivity (Wildman–Crippen MR) is 71.3 cm³/mol. The highest BCUT2D eigenvalue weighted by atomic mass is 32.1. The molecule has 1 N–H and O–H groups in total. The quantitative estimate of drug-likeness (QED) is 0.768. The number of thiophene rings is 1. The third-order valence-electron chi connectivity index (χ3n) is 2.86. The van der Waals surface area contributed by atoms with Crippen molar-refractivity contribution < 1.29 is 14.7 Å². The maximum Gasteiger partial charge on any atom is 0.242 e. The normalized spacial score (nSPS) is 15.5. The van der Waals surface area contributed by atoms with Crippen LogP contribution in [0.2, 0.25) is 0 Å². The van der Waals surface area contributed by atoms with Crippen LogP contribution in [-0.4, -0.2) is 53.5 Å². The van der Waals surface area contributed by atoms with Crippen LogP contribution in [0.3, 0.4) is 0 Å². The molecule has 1 aliphatic heterocycles. The Kier molecular flexibility index (Phi) is 4.20. The van der Waals surface area contributed by atoms with E-state index >= 15 is 0 Å². The molecule has 2 heterocycles. The minimum atomic E-state index is -0.193. The fraction of sp³-hybridized carbons (Fsp3) is 0.385. The summed E-state index contributed by atoms with van der Waals surface area (Å²) in [4.78, 5) is 27.4. The molecule has 1 fully saturated rings. The maximum absolute atomic E-state index is 11.9. The number of piperazine rings is 1. The maximum atomic E-state index is 11.9. The lowest BCUT2D eigenvalue weighted by Crippen LogP contribution is -2.51. The Morgan fingerprint density at radius 1 is 1.37 bits per heavy atom. The third-order valence-corrected chi connectivity index (χ3v) is 3.76. The van der Waals surface area contributed by atoms with Crippen LogP contribution in [0.15, 0.2) is 11.4 Å². The fourth-order valence-electron chi connectivity index (χ4n) is 1.79. The number of carbonyl (C=O) groups excluding carboxylic acids is 2. The molecule has 0 spiro atoms. The molecule has 0 saturated carbocycles. The highest BCUT2D eigenvalue weighted by Gasteiger charge is 2.27. The van der Waals surface area contributed by atoms with Gasteiger partial charge in [-0.3, -0.25) is 9.59 Å². The van der Waals surface area contributed by atoms with Gasteiger partial charge in [-0.2, -0.15) is 0 Å². The molecule has 1 aliphatic rings. The molecule has 2 amide bonds. The van der Waals surface area contributed by atoms with E-state index in [4.69, 9.17) is 5.11 Å². The zero-order chi connectivity index (χ0) is 13.8. The van der Waals surface area contributed by atoms with E-state index in [1.54, 1.807) is 7.05 Å². The van der Waals surface area contributed by atoms with Crippen molar-refractivity contribution in [3.63, 3.8) is 0 Å². The average Bonchev–Trinajstić information content (AvgIpc) is 2.81. The Morgan fingerprint density at radius 3 is 2.89 bits per heavy atom. The second kappa shape index (κ2) is 5.87. The van der Waals surface area contributed by atoms with E-state index < -0.39 is 0 Å². The molecule has 1 aromatic heterocycles. The van der Waals surface area contributed by atoms with Gasteiger partial charge in [0.1, 0.15) is 13.2 Å². The molecule has 2 rings (SSSR count). The standard InChI is InChI=1S/C13H14N2O3S/c1-14-8-13(18)15(9-12(14)17)7-11-10(3-2-5-16)4-6-19-11/h4,6,16H,5,7-9H2,1H3. The summed E-state index contributed by atoms with van der Waals surface area (Å²) in [6, 6.07) is 1.85. The summed E-state index contributed by atoms with van der Waals surface area (Å²) in [5.74, 6) is 5.32. The number of amides is 2. The summed E-state index contributed by atoms with van der Waals surface area (Å²) in [5, 5.41) is 10.6. The van der Waals surface area contributed by atoms with E-state index in [1.807, 2.05) is 11.4 Å². The number of aliphatic hydroxyl groups excluding tert-OH is 1. The van der Waals surface area contributed by atoms with Crippen LogP contribution in [0.25, 0.3) is 0 Å². The van der Waals surface area contributed by atoms with Gasteiger partial charge in [-0.25, -0.2) is 0 Å². The molecule has 6 heteroatoms. The molecule has 0 unspecified atom stereocenters. The Balaban J connectivity index is 2.11. The molecule has 1 saturated heterocycles. The lowest BCUT2D eigenvalue weighted by molar-refractivity contribution is -0.149. The van der Waals surface area contributed by atoms with E-state index in [0.717, 1.165) is 10.4 Å². The lowest BCUT2D eigenvalue weighted by Gasteiger charge is -2.31. The zero-order valence-electron chi connectivity index (χ0n) is 10.5. The number of aliphatic hydroxyl groups is 1. The van der Waals surface area contributed by atoms with Crippen molar-refractivity contribution in [3.8, 4) is 11.8 Å². The van der Waals surface area contributed by atoms with Crippen molar-refractivity contribution in [3.05, 3.63) is 21.9 Å². The Bertz CT molecular complexity index is 556. The number of carbonyl (C=O) groups is 2. The van der Waals surface area contributed by atoms with Crippen molar-refractivity contribution >= 4 is 23.2 Å². The molecule has 0 aliphatic carbocycles. The SMILES string of the molecule is CN1CC(=O)N(Cc2sccc2C#CCO)CC1=O. The van der Waals surface area contributed by atoms with E-state index in [1.165, 1.54) is 21.1 Å². The van der Waals surface area contributed by atoms with Crippen molar-refractivity contribution in [2.45, 2.75) is 6.54 Å². The second-order valence-corrected chi connectivity index (χ2v) is 5.22. The van der Waals surface area contributed by atoms with Gasteiger partial charge in [0.15, 0.2) is 0 Å². The van der Waals surface area contributed by atoms with Crippen molar-refractivity contribution in [1.82, 2.24) is 9.80 Å². The number of rotatable bonds is 2. The number of nitrogens with zero attached hydrogens (tertiary/aromatic N) is 2. The predicted octanol–water partition coefficient (Wildman–Crippen LogP) is -0.108. The molecule has 100 valence electrons. The van der Waals surface area contributed by atoms with Crippen LogP contribution in [0.1, 0.15) is 10.4 Å². The second-order valence-electron chi connectivity index (χ2n) is 4.22. The molecule has 0 bridgehead atoms. The smallest absolute Gasteiger partial charge is 0.242 e. The van der Waals surface area contributed by atoms with E-state index in [2.05, 4.69) is 11.8 Å². The molecular weight excluding hydrogens is 264 g/mol. The first kappa shape index (κ1) is 13.6. The molecule has 1 aromatic rings. The van der Waals surface area contributed by atoms with Gasteiger partial charge >= 0.3 is 0 Å². The van der Waals surface area contributed by atoms with Crippen LogP contribution in [0.4, 0.5) is 0 Å². The summed E-state index contributed by atoms with van der Waals surface area (Å²) in [6.45, 7) is 0.439. The average molecular weight is 278 g/mol. The van der Waals surface area contributed by atoms with Crippen LogP contribution in [0.5, 0.6) is 0 Å². The molecule has 0 radical (unpaired) electrons. The van der Waals surface area contributed by atoms with Crippen molar-refractivity contribution in [2.24, 2.45) is 0 Å². The highest BCUT2D eigenvalue weighted by molar-refractivity contribution is 7.10. The van der Waals surface area contributed by atoms with Crippen molar-refractivity contribution in [1.29, 1.82) is 0 Å². The van der Waals surface area contributed by atoms with E-state index in [0.29, 0.717) is 6.54 Å². The summed E-state index contributed by atoms with van der Waals surface area (Å²) in [6.07, 6.45) is 0. The first-order valence-corrected chi connectivity index (χ1v) is 6.67. The van der Waals surface area contributed by atoms with Gasteiger partial charge in [0.05, 0.1) is 13.1 Å². The molecule has 0 aromatic carbocycles. The number of hydrogen-bond acceptors (Lipinski definition) is 4. The fourth-order valence-corrected chi connectivity index (χ4v) is 2.63. The van der Waals surface area contributed by atoms with Gasteiger partial charge in [0, 0.05) is 17.5 Å². The Labute approximate surface area is 115 Å². The minimum Gasteiger partial charge on any atom is -0.384 e. The van der Waals surface area contributed by atoms with Crippen LogP contribution in [0, 0.1) is 11.8 Å². The topological polar surface area (TPSA) is 60.9 Å². The molecular formula is C13H14N2O3S. The molecule has 5 nitrogen and oxygen atoms in total. The van der Waals surface area contributed by atoms with Crippen LogP contribution >= 0.6 is 11.3 Å². The molecule has 0 atom stereocenters. The first-order valence-electron chi connectivity index (χ1n) is 5.79. The van der Waals surface area contributed by atoms with Gasteiger partial charge < -0.3 is 14.9 Å². The largest absolute Gasteiger partial charge is 0.384 e. The summed E-state index contributed by atoms with van der Waals surface area (Å²) in [7, 11) is 1.63. The number of likely N-dealkylation sites (N-methyl/N-ethyl adjacent to an activating group) is 1. The van der Waals surface area contributed by atoms with Crippen LogP contribution in [-0.2, 0) is 16.1 Å². The van der Waals surface area contributed by atoms with E-state index in [9.17, 15) is 9.59 Å². The van der Waals surface area contributed by atoms with Gasteiger partial charge in [0.25, 0.3) is 0 Å². The first-order chi connectivity index (χ1) is 9.11. The van der Waals surface area contributed by atoms with Crippen LogP contribution < -0.4 is 0 Å². The summed E-state index contributed by atoms with van der Waals surface area (Å²) >= 11 is 1.49. The van der Waals surface area contributed by atoms with Gasteiger partial charge in [-0.1, -0.05) is 11.8 Å². The van der Waals surface area contributed by atoms with Crippen molar-refractivity contribution in [2.75, 3.05) is 26.7 Å². The number of hydrogen-bond donors (Lipinski definition) is 1. The Morgan fingerprint density at radius 2 is 2.16 bits per heavy atom. The lowest BCUT2D eigenvalue weighted by atomic mass is 10.2. The zero-order valence-corrected chi connectivity index (χ0v) is 11.4. The van der Waals surface area contributed by atoms with Gasteiger partial charge in [-0.15, -0.1) is 11.3 Å². The van der Waals surface area contributed by atoms with E-state index in [-0.39, 0.29) is 31.5 Å². The Hall–Kier alpha value is -1.84. The minimum absolute atomic E-state index is 0.0563. The third kappa shape index (κ3) is 3.13. The summed E-state index contributed by atoms with van der Waals surface area (Å²) in [5.41, 5.74) is 0.804.